The Kier molecular flexibility index (Phi) is 4.96. The smallest absolute Gasteiger partial charge is 0.251 e. The summed E-state index contributed by atoms with van der Waals surface area (Å²) in [5.41, 5.74) is 0.674. The molecule has 1 fully saturated rings. The molecular weight excluding hydrogens is 268 g/mol. The number of benzene rings is 1. The summed E-state index contributed by atoms with van der Waals surface area (Å²) in [6.07, 6.45) is 3.64. The van der Waals surface area contributed by atoms with Crippen molar-refractivity contribution in [1.82, 2.24) is 5.32 Å². The van der Waals surface area contributed by atoms with E-state index in [4.69, 9.17) is 0 Å². The average Bonchev–Trinajstić information content (AvgIpc) is 2.88. The van der Waals surface area contributed by atoms with E-state index in [1.807, 2.05) is 24.3 Å². The molecule has 1 saturated carbocycles. The van der Waals surface area contributed by atoms with Gasteiger partial charge in [-0.25, -0.2) is 0 Å². The Morgan fingerprint density at radius 1 is 1.19 bits per heavy atom. The third-order valence-corrected chi connectivity index (χ3v) is 3.83. The van der Waals surface area contributed by atoms with Crippen LogP contribution in [0, 0.1) is 0 Å². The van der Waals surface area contributed by atoms with Gasteiger partial charge in [-0.3, -0.25) is 9.59 Å². The van der Waals surface area contributed by atoms with Gasteiger partial charge in [0.2, 0.25) is 5.91 Å². The van der Waals surface area contributed by atoms with Gasteiger partial charge in [0.15, 0.2) is 0 Å². The lowest BCUT2D eigenvalue weighted by molar-refractivity contribution is -0.139. The molecule has 5 nitrogen and oxygen atoms in total. The lowest BCUT2D eigenvalue weighted by Crippen LogP contribution is -2.45. The predicted octanol–water partition coefficient (Wildman–Crippen LogP) is 1.61. The molecule has 1 aliphatic carbocycles. The van der Waals surface area contributed by atoms with E-state index in [1.165, 1.54) is 6.92 Å². The maximum atomic E-state index is 11.9. The van der Waals surface area contributed by atoms with Crippen LogP contribution in [0.5, 0.6) is 0 Å². The summed E-state index contributed by atoms with van der Waals surface area (Å²) >= 11 is 0. The maximum Gasteiger partial charge on any atom is 0.251 e. The summed E-state index contributed by atoms with van der Waals surface area (Å²) in [6, 6.07) is 7.51. The monoisotopic (exact) mass is 290 g/mol. The van der Waals surface area contributed by atoms with Crippen LogP contribution in [0.2, 0.25) is 0 Å². The number of carbonyl (C=O) groups is 2. The molecule has 0 unspecified atom stereocenters. The molecule has 1 aromatic carbocycles. The fourth-order valence-electron chi connectivity index (χ4n) is 2.63. The molecule has 0 bridgehead atoms. The van der Waals surface area contributed by atoms with E-state index in [0.29, 0.717) is 25.8 Å². The fourth-order valence-corrected chi connectivity index (χ4v) is 2.63. The minimum Gasteiger partial charge on any atom is -0.380 e. The molecule has 0 radical (unpaired) electrons. The van der Waals surface area contributed by atoms with Crippen LogP contribution in [-0.4, -0.2) is 29.1 Å². The number of amides is 2. The molecule has 0 saturated heterocycles. The first-order valence-corrected chi connectivity index (χ1v) is 7.37. The molecule has 0 atom stereocenters. The third-order valence-electron chi connectivity index (χ3n) is 3.83. The second-order valence-electron chi connectivity index (χ2n) is 5.62. The van der Waals surface area contributed by atoms with E-state index in [9.17, 15) is 14.7 Å². The Labute approximate surface area is 124 Å². The summed E-state index contributed by atoms with van der Waals surface area (Å²) in [6.45, 7) is 1.97. The van der Waals surface area contributed by atoms with Gasteiger partial charge in [-0.2, -0.15) is 0 Å². The Morgan fingerprint density at radius 2 is 1.81 bits per heavy atom. The molecule has 3 N–H and O–H groups in total. The summed E-state index contributed by atoms with van der Waals surface area (Å²) in [5, 5.41) is 15.6. The van der Waals surface area contributed by atoms with Gasteiger partial charge in [-0.15, -0.1) is 0 Å². The van der Waals surface area contributed by atoms with Gasteiger partial charge >= 0.3 is 0 Å². The highest BCUT2D eigenvalue weighted by Gasteiger charge is 2.38. The molecule has 0 spiro atoms. The van der Waals surface area contributed by atoms with E-state index < -0.39 is 5.60 Å². The molecule has 2 amide bonds. The molecule has 0 aliphatic heterocycles. The van der Waals surface area contributed by atoms with Crippen molar-refractivity contribution in [2.24, 2.45) is 0 Å². The van der Waals surface area contributed by atoms with Gasteiger partial charge in [0.05, 0.1) is 0 Å². The van der Waals surface area contributed by atoms with E-state index >= 15 is 0 Å². The lowest BCUT2D eigenvalue weighted by atomic mass is 10.0. The normalized spacial score (nSPS) is 16.5. The zero-order valence-electron chi connectivity index (χ0n) is 12.3. The largest absolute Gasteiger partial charge is 0.380 e. The fraction of sp³-hybridized carbons (Fsp3) is 0.500. The SMILES string of the molecule is CC(=O)Nc1ccc(CCNC(=O)C2(O)CCCC2)cc1. The second kappa shape index (κ2) is 6.72. The quantitative estimate of drug-likeness (QED) is 0.771. The number of hydrogen-bond acceptors (Lipinski definition) is 3. The van der Waals surface area contributed by atoms with Gasteiger partial charge in [0.1, 0.15) is 5.60 Å². The molecule has 114 valence electrons. The Hall–Kier alpha value is -1.88. The third kappa shape index (κ3) is 4.29. The van der Waals surface area contributed by atoms with Crippen molar-refractivity contribution in [1.29, 1.82) is 0 Å². The van der Waals surface area contributed by atoms with Gasteiger partial charge in [-0.05, 0) is 49.8 Å². The molecule has 5 heteroatoms. The van der Waals surface area contributed by atoms with Crippen molar-refractivity contribution < 1.29 is 14.7 Å². The minimum absolute atomic E-state index is 0.0974. The van der Waals surface area contributed by atoms with Crippen molar-refractivity contribution in [3.63, 3.8) is 0 Å². The minimum atomic E-state index is -1.16. The van der Waals surface area contributed by atoms with Crippen LogP contribution in [0.3, 0.4) is 0 Å². The van der Waals surface area contributed by atoms with E-state index in [-0.39, 0.29) is 11.8 Å². The summed E-state index contributed by atoms with van der Waals surface area (Å²) in [5.74, 6) is -0.352. The number of hydrogen-bond donors (Lipinski definition) is 3. The molecule has 2 rings (SSSR count). The van der Waals surface area contributed by atoms with E-state index in [2.05, 4.69) is 10.6 Å². The van der Waals surface area contributed by atoms with Gasteiger partial charge < -0.3 is 15.7 Å². The Balaban J connectivity index is 1.78. The maximum absolute atomic E-state index is 11.9. The van der Waals surface area contributed by atoms with Gasteiger partial charge in [-0.1, -0.05) is 12.1 Å². The number of aliphatic hydroxyl groups is 1. The average molecular weight is 290 g/mol. The summed E-state index contributed by atoms with van der Waals surface area (Å²) in [4.78, 5) is 22.8. The molecular formula is C16H22N2O3. The van der Waals surface area contributed by atoms with Crippen molar-refractivity contribution in [3.05, 3.63) is 29.8 Å². The summed E-state index contributed by atoms with van der Waals surface area (Å²) in [7, 11) is 0. The highest BCUT2D eigenvalue weighted by molar-refractivity contribution is 5.88. The van der Waals surface area contributed by atoms with Gasteiger partial charge in [0.25, 0.3) is 5.91 Å². The number of anilines is 1. The Morgan fingerprint density at radius 3 is 2.38 bits per heavy atom. The zero-order chi connectivity index (χ0) is 15.3. The number of rotatable bonds is 5. The van der Waals surface area contributed by atoms with Crippen LogP contribution in [0.15, 0.2) is 24.3 Å². The van der Waals surface area contributed by atoms with E-state index in [0.717, 1.165) is 24.1 Å². The standard InChI is InChI=1S/C16H22N2O3/c1-12(19)18-14-6-4-13(5-7-14)8-11-17-15(20)16(21)9-2-3-10-16/h4-7,21H,2-3,8-11H2,1H3,(H,17,20)(H,18,19). The van der Waals surface area contributed by atoms with Crippen LogP contribution in [0.25, 0.3) is 0 Å². The second-order valence-corrected chi connectivity index (χ2v) is 5.62. The first kappa shape index (κ1) is 15.5. The van der Waals surface area contributed by atoms with E-state index in [1.54, 1.807) is 0 Å². The topological polar surface area (TPSA) is 78.4 Å². The van der Waals surface area contributed by atoms with Crippen molar-refractivity contribution in [2.75, 3.05) is 11.9 Å². The summed E-state index contributed by atoms with van der Waals surface area (Å²) < 4.78 is 0. The molecule has 0 aromatic heterocycles. The number of nitrogens with one attached hydrogen (secondary N) is 2. The first-order chi connectivity index (χ1) is 9.99. The zero-order valence-corrected chi connectivity index (χ0v) is 12.3. The van der Waals surface area contributed by atoms with Crippen LogP contribution in [-0.2, 0) is 16.0 Å². The molecule has 0 heterocycles. The molecule has 1 aromatic rings. The van der Waals surface area contributed by atoms with Crippen molar-refractivity contribution >= 4 is 17.5 Å². The van der Waals surface area contributed by atoms with Crippen LogP contribution in [0.4, 0.5) is 5.69 Å². The Bertz CT molecular complexity index is 505. The van der Waals surface area contributed by atoms with Crippen molar-refractivity contribution in [2.45, 2.75) is 44.6 Å². The van der Waals surface area contributed by atoms with Crippen molar-refractivity contribution in [3.8, 4) is 0 Å². The molecule has 21 heavy (non-hydrogen) atoms. The number of carbonyl (C=O) groups excluding carboxylic acids is 2. The highest BCUT2D eigenvalue weighted by Crippen LogP contribution is 2.29. The van der Waals surface area contributed by atoms with Crippen LogP contribution in [0.1, 0.15) is 38.2 Å². The first-order valence-electron chi connectivity index (χ1n) is 7.37. The lowest BCUT2D eigenvalue weighted by Gasteiger charge is -2.20. The van der Waals surface area contributed by atoms with Gasteiger partial charge in [0, 0.05) is 19.2 Å². The van der Waals surface area contributed by atoms with Crippen LogP contribution < -0.4 is 10.6 Å². The highest BCUT2D eigenvalue weighted by atomic mass is 16.3. The van der Waals surface area contributed by atoms with Crippen LogP contribution >= 0.6 is 0 Å². The molecule has 1 aliphatic rings. The predicted molar refractivity (Wildman–Crippen MR) is 80.9 cm³/mol.